The van der Waals surface area contributed by atoms with Crippen molar-refractivity contribution >= 4 is 17.5 Å². The van der Waals surface area contributed by atoms with Gasteiger partial charge in [-0.05, 0) is 12.1 Å². The summed E-state index contributed by atoms with van der Waals surface area (Å²) in [6.07, 6.45) is 0. The van der Waals surface area contributed by atoms with Gasteiger partial charge in [0.05, 0.1) is 33.1 Å². The first-order valence-electron chi connectivity index (χ1n) is 6.55. The van der Waals surface area contributed by atoms with E-state index in [4.69, 9.17) is 14.2 Å². The number of carbonyl (C=O) groups excluding carboxylic acids is 2. The highest BCUT2D eigenvalue weighted by atomic mass is 16.5. The molecule has 0 unspecified atom stereocenters. The minimum atomic E-state index is -0.694. The minimum Gasteiger partial charge on any atom is -0.497 e. The standard InChI is InChI=1S/C14H18N2O5/c1-19-10-3-4-11(12(9-10)20-2)15-13(17)14(18)16-5-7-21-8-6-16/h3-4,9H,5-8H2,1-2H3,(H,15,17). The number of ether oxygens (including phenoxy) is 3. The number of benzene rings is 1. The number of amides is 2. The molecular weight excluding hydrogens is 276 g/mol. The third-order valence-corrected chi connectivity index (χ3v) is 3.15. The summed E-state index contributed by atoms with van der Waals surface area (Å²) in [6.45, 7) is 1.74. The van der Waals surface area contributed by atoms with Crippen LogP contribution >= 0.6 is 0 Å². The van der Waals surface area contributed by atoms with Crippen molar-refractivity contribution < 1.29 is 23.8 Å². The summed E-state index contributed by atoms with van der Waals surface area (Å²) >= 11 is 0. The molecule has 0 bridgehead atoms. The third kappa shape index (κ3) is 3.63. The number of carbonyl (C=O) groups is 2. The molecule has 0 aliphatic carbocycles. The van der Waals surface area contributed by atoms with Gasteiger partial charge in [-0.2, -0.15) is 0 Å². The van der Waals surface area contributed by atoms with Crippen LogP contribution in [0, 0.1) is 0 Å². The van der Waals surface area contributed by atoms with Crippen LogP contribution in [0.3, 0.4) is 0 Å². The van der Waals surface area contributed by atoms with E-state index in [0.717, 1.165) is 0 Å². The molecule has 0 aromatic heterocycles. The fraction of sp³-hybridized carbons (Fsp3) is 0.429. The lowest BCUT2D eigenvalue weighted by Gasteiger charge is -2.26. The van der Waals surface area contributed by atoms with Crippen molar-refractivity contribution in [2.24, 2.45) is 0 Å². The Morgan fingerprint density at radius 2 is 1.90 bits per heavy atom. The van der Waals surface area contributed by atoms with Crippen LogP contribution in [0.4, 0.5) is 5.69 Å². The molecule has 0 saturated carbocycles. The predicted molar refractivity (Wildman–Crippen MR) is 75.6 cm³/mol. The van der Waals surface area contributed by atoms with Crippen LogP contribution in [0.25, 0.3) is 0 Å². The second kappa shape index (κ2) is 6.94. The van der Waals surface area contributed by atoms with E-state index in [1.54, 1.807) is 18.2 Å². The number of hydrogen-bond acceptors (Lipinski definition) is 5. The number of hydrogen-bond donors (Lipinski definition) is 1. The molecule has 1 aliphatic heterocycles. The van der Waals surface area contributed by atoms with Crippen molar-refractivity contribution in [1.29, 1.82) is 0 Å². The molecule has 1 heterocycles. The Bertz CT molecular complexity index is 526. The Hall–Kier alpha value is -2.28. The fourth-order valence-electron chi connectivity index (χ4n) is 1.99. The van der Waals surface area contributed by atoms with E-state index in [2.05, 4.69) is 5.32 Å². The molecule has 21 heavy (non-hydrogen) atoms. The molecular formula is C14H18N2O5. The van der Waals surface area contributed by atoms with Gasteiger partial charge in [-0.15, -0.1) is 0 Å². The number of anilines is 1. The zero-order chi connectivity index (χ0) is 15.2. The highest BCUT2D eigenvalue weighted by Gasteiger charge is 2.24. The molecule has 1 saturated heterocycles. The van der Waals surface area contributed by atoms with Crippen LogP contribution in [0.5, 0.6) is 11.5 Å². The Morgan fingerprint density at radius 1 is 1.19 bits per heavy atom. The summed E-state index contributed by atoms with van der Waals surface area (Å²) < 4.78 is 15.4. The molecule has 1 N–H and O–H groups in total. The van der Waals surface area contributed by atoms with Crippen LogP contribution in [0.1, 0.15) is 0 Å². The lowest BCUT2D eigenvalue weighted by atomic mass is 10.2. The maximum Gasteiger partial charge on any atom is 0.314 e. The zero-order valence-corrected chi connectivity index (χ0v) is 12.0. The van der Waals surface area contributed by atoms with E-state index in [1.165, 1.54) is 19.1 Å². The summed E-state index contributed by atoms with van der Waals surface area (Å²) in [5.74, 6) is -0.238. The van der Waals surface area contributed by atoms with E-state index in [1.807, 2.05) is 0 Å². The molecule has 2 rings (SSSR count). The lowest BCUT2D eigenvalue weighted by molar-refractivity contribution is -0.145. The average molecular weight is 294 g/mol. The Kier molecular flexibility index (Phi) is 4.99. The van der Waals surface area contributed by atoms with Gasteiger partial charge in [0, 0.05) is 19.2 Å². The summed E-state index contributed by atoms with van der Waals surface area (Å²) in [4.78, 5) is 25.5. The maximum atomic E-state index is 12.0. The van der Waals surface area contributed by atoms with Gasteiger partial charge >= 0.3 is 11.8 Å². The second-order valence-corrected chi connectivity index (χ2v) is 4.42. The Balaban J connectivity index is 2.06. The van der Waals surface area contributed by atoms with Crippen LogP contribution in [0.15, 0.2) is 18.2 Å². The molecule has 1 aromatic rings. The quantitative estimate of drug-likeness (QED) is 0.822. The number of morpholine rings is 1. The normalized spacial score (nSPS) is 14.5. The molecule has 0 spiro atoms. The van der Waals surface area contributed by atoms with Gasteiger partial charge in [0.15, 0.2) is 0 Å². The minimum absolute atomic E-state index is 0.421. The van der Waals surface area contributed by atoms with Gasteiger partial charge in [-0.1, -0.05) is 0 Å². The van der Waals surface area contributed by atoms with Crippen LogP contribution in [-0.2, 0) is 14.3 Å². The monoisotopic (exact) mass is 294 g/mol. The molecule has 0 radical (unpaired) electrons. The SMILES string of the molecule is COc1ccc(NC(=O)C(=O)N2CCOCC2)c(OC)c1. The number of rotatable bonds is 3. The van der Waals surface area contributed by atoms with E-state index in [0.29, 0.717) is 43.5 Å². The van der Waals surface area contributed by atoms with Crippen LogP contribution in [-0.4, -0.2) is 57.2 Å². The van der Waals surface area contributed by atoms with Gasteiger partial charge in [0.1, 0.15) is 11.5 Å². The van der Waals surface area contributed by atoms with Crippen molar-refractivity contribution in [3.8, 4) is 11.5 Å². The second-order valence-electron chi connectivity index (χ2n) is 4.42. The van der Waals surface area contributed by atoms with Gasteiger partial charge < -0.3 is 24.4 Å². The van der Waals surface area contributed by atoms with Crippen molar-refractivity contribution in [2.75, 3.05) is 45.8 Å². The van der Waals surface area contributed by atoms with E-state index in [-0.39, 0.29) is 0 Å². The van der Waals surface area contributed by atoms with E-state index < -0.39 is 11.8 Å². The topological polar surface area (TPSA) is 77.1 Å². The molecule has 114 valence electrons. The fourth-order valence-corrected chi connectivity index (χ4v) is 1.99. The van der Waals surface area contributed by atoms with Crippen LogP contribution < -0.4 is 14.8 Å². The maximum absolute atomic E-state index is 12.0. The first kappa shape index (κ1) is 15.1. The highest BCUT2D eigenvalue weighted by molar-refractivity contribution is 6.39. The Labute approximate surface area is 122 Å². The lowest BCUT2D eigenvalue weighted by Crippen LogP contribution is -2.45. The Morgan fingerprint density at radius 3 is 2.52 bits per heavy atom. The molecule has 1 fully saturated rings. The number of nitrogens with one attached hydrogen (secondary N) is 1. The molecule has 1 aliphatic rings. The van der Waals surface area contributed by atoms with Crippen molar-refractivity contribution in [3.05, 3.63) is 18.2 Å². The summed E-state index contributed by atoms with van der Waals surface area (Å²) in [7, 11) is 3.02. The first-order chi connectivity index (χ1) is 10.2. The molecule has 1 aromatic carbocycles. The predicted octanol–water partition coefficient (Wildman–Crippen LogP) is 0.501. The van der Waals surface area contributed by atoms with Gasteiger partial charge in [-0.3, -0.25) is 9.59 Å². The van der Waals surface area contributed by atoms with E-state index in [9.17, 15) is 9.59 Å². The molecule has 7 nitrogen and oxygen atoms in total. The third-order valence-electron chi connectivity index (χ3n) is 3.15. The number of methoxy groups -OCH3 is 2. The van der Waals surface area contributed by atoms with Gasteiger partial charge in [0.25, 0.3) is 0 Å². The van der Waals surface area contributed by atoms with E-state index >= 15 is 0 Å². The van der Waals surface area contributed by atoms with Crippen molar-refractivity contribution in [1.82, 2.24) is 4.90 Å². The molecule has 7 heteroatoms. The highest BCUT2D eigenvalue weighted by Crippen LogP contribution is 2.28. The zero-order valence-electron chi connectivity index (χ0n) is 12.0. The summed E-state index contributed by atoms with van der Waals surface area (Å²) in [6, 6.07) is 4.94. The molecule has 2 amide bonds. The van der Waals surface area contributed by atoms with Crippen LogP contribution in [0.2, 0.25) is 0 Å². The smallest absolute Gasteiger partial charge is 0.314 e. The average Bonchev–Trinajstić information content (AvgIpc) is 2.55. The summed E-state index contributed by atoms with van der Waals surface area (Å²) in [5.41, 5.74) is 0.421. The summed E-state index contributed by atoms with van der Waals surface area (Å²) in [5, 5.41) is 2.56. The molecule has 0 atom stereocenters. The number of nitrogens with zero attached hydrogens (tertiary/aromatic N) is 1. The van der Waals surface area contributed by atoms with Crippen molar-refractivity contribution in [3.63, 3.8) is 0 Å². The first-order valence-corrected chi connectivity index (χ1v) is 6.55. The van der Waals surface area contributed by atoms with Crippen molar-refractivity contribution in [2.45, 2.75) is 0 Å². The van der Waals surface area contributed by atoms with Gasteiger partial charge in [0.2, 0.25) is 0 Å². The largest absolute Gasteiger partial charge is 0.497 e. The van der Waals surface area contributed by atoms with Gasteiger partial charge in [-0.25, -0.2) is 0 Å².